The van der Waals surface area contributed by atoms with Gasteiger partial charge in [-0.1, -0.05) is 35.3 Å². The van der Waals surface area contributed by atoms with Crippen molar-refractivity contribution in [3.8, 4) is 5.75 Å². The van der Waals surface area contributed by atoms with Gasteiger partial charge in [-0.05, 0) is 42.7 Å². The summed E-state index contributed by atoms with van der Waals surface area (Å²) < 4.78 is 32.1. The number of piperidine rings is 1. The topological polar surface area (TPSA) is 75.7 Å². The average Bonchev–Trinajstić information content (AvgIpc) is 2.70. The first-order chi connectivity index (χ1) is 13.8. The second-order valence-electron chi connectivity index (χ2n) is 6.89. The number of sulfonamides is 1. The van der Waals surface area contributed by atoms with Gasteiger partial charge in [0.1, 0.15) is 5.75 Å². The Morgan fingerprint density at radius 3 is 2.55 bits per heavy atom. The molecule has 3 rings (SSSR count). The lowest BCUT2D eigenvalue weighted by atomic mass is 9.97. The van der Waals surface area contributed by atoms with Crippen LogP contribution in [0.15, 0.2) is 42.5 Å². The summed E-state index contributed by atoms with van der Waals surface area (Å²) in [4.78, 5) is 12.5. The number of hydrogen-bond donors (Lipinski definition) is 1. The van der Waals surface area contributed by atoms with Crippen LogP contribution in [-0.4, -0.2) is 38.8 Å². The lowest BCUT2D eigenvalue weighted by Crippen LogP contribution is -2.41. The SMILES string of the molecule is COc1cccc(NC(=O)C2CCN(S(=O)(=O)Cc3ccc(Cl)cc3Cl)CC2)c1. The van der Waals surface area contributed by atoms with Gasteiger partial charge in [-0.3, -0.25) is 4.79 Å². The van der Waals surface area contributed by atoms with Crippen molar-refractivity contribution in [3.05, 3.63) is 58.1 Å². The highest BCUT2D eigenvalue weighted by atomic mass is 35.5. The molecule has 1 heterocycles. The van der Waals surface area contributed by atoms with Crippen molar-refractivity contribution in [2.45, 2.75) is 18.6 Å². The molecule has 0 aliphatic carbocycles. The lowest BCUT2D eigenvalue weighted by Gasteiger charge is -2.30. The van der Waals surface area contributed by atoms with Crippen molar-refractivity contribution < 1.29 is 17.9 Å². The molecule has 1 aliphatic rings. The molecule has 1 N–H and O–H groups in total. The number of nitrogens with one attached hydrogen (secondary N) is 1. The van der Waals surface area contributed by atoms with Crippen LogP contribution in [-0.2, 0) is 20.6 Å². The van der Waals surface area contributed by atoms with Gasteiger partial charge in [0.05, 0.1) is 12.9 Å². The summed E-state index contributed by atoms with van der Waals surface area (Å²) in [5.41, 5.74) is 1.16. The fourth-order valence-corrected chi connectivity index (χ4v) is 5.42. The Labute approximate surface area is 180 Å². The first kappa shape index (κ1) is 21.9. The Kier molecular flexibility index (Phi) is 7.05. The van der Waals surface area contributed by atoms with E-state index in [4.69, 9.17) is 27.9 Å². The Morgan fingerprint density at radius 2 is 1.90 bits per heavy atom. The van der Waals surface area contributed by atoms with E-state index < -0.39 is 10.0 Å². The van der Waals surface area contributed by atoms with Crippen molar-refractivity contribution in [2.75, 3.05) is 25.5 Å². The molecule has 1 saturated heterocycles. The molecular weight excluding hydrogens is 435 g/mol. The molecule has 0 saturated carbocycles. The average molecular weight is 457 g/mol. The van der Waals surface area contributed by atoms with Gasteiger partial charge in [0.25, 0.3) is 0 Å². The minimum absolute atomic E-state index is 0.115. The van der Waals surface area contributed by atoms with E-state index in [9.17, 15) is 13.2 Å². The second kappa shape index (κ2) is 9.34. The van der Waals surface area contributed by atoms with Crippen molar-refractivity contribution in [2.24, 2.45) is 5.92 Å². The van der Waals surface area contributed by atoms with Gasteiger partial charge < -0.3 is 10.1 Å². The monoisotopic (exact) mass is 456 g/mol. The van der Waals surface area contributed by atoms with Crippen LogP contribution in [0.2, 0.25) is 10.0 Å². The number of rotatable bonds is 6. The van der Waals surface area contributed by atoms with Crippen molar-refractivity contribution >= 4 is 44.8 Å². The first-order valence-corrected chi connectivity index (χ1v) is 11.5. The van der Waals surface area contributed by atoms with Crippen LogP contribution in [0.3, 0.4) is 0 Å². The standard InChI is InChI=1S/C20H22Cl2N2O4S/c1-28-18-4-2-3-17(12-18)23-20(25)14-7-9-24(10-8-14)29(26,27)13-15-5-6-16(21)11-19(15)22/h2-6,11-12,14H,7-10,13H2,1H3,(H,23,25). The summed E-state index contributed by atoms with van der Waals surface area (Å²) in [6, 6.07) is 11.9. The van der Waals surface area contributed by atoms with Crippen LogP contribution in [0.4, 0.5) is 5.69 Å². The Morgan fingerprint density at radius 1 is 1.17 bits per heavy atom. The lowest BCUT2D eigenvalue weighted by molar-refractivity contribution is -0.120. The third-order valence-electron chi connectivity index (χ3n) is 4.91. The molecule has 2 aromatic carbocycles. The fraction of sp³-hybridized carbons (Fsp3) is 0.350. The van der Waals surface area contributed by atoms with E-state index in [2.05, 4.69) is 5.32 Å². The quantitative estimate of drug-likeness (QED) is 0.706. The molecule has 1 fully saturated rings. The predicted octanol–water partition coefficient (Wildman–Crippen LogP) is 4.18. The maximum atomic E-state index is 12.8. The predicted molar refractivity (Wildman–Crippen MR) is 115 cm³/mol. The maximum absolute atomic E-state index is 12.8. The summed E-state index contributed by atoms with van der Waals surface area (Å²) in [5.74, 6) is 0.108. The normalized spacial score (nSPS) is 15.8. The van der Waals surface area contributed by atoms with Crippen LogP contribution >= 0.6 is 23.2 Å². The molecule has 1 amide bonds. The fourth-order valence-electron chi connectivity index (χ4n) is 3.27. The van der Waals surface area contributed by atoms with Gasteiger partial charge in [-0.15, -0.1) is 0 Å². The molecule has 156 valence electrons. The molecule has 2 aromatic rings. The summed E-state index contributed by atoms with van der Waals surface area (Å²) in [7, 11) is -1.97. The van der Waals surface area contributed by atoms with Crippen molar-refractivity contribution in [3.63, 3.8) is 0 Å². The second-order valence-corrected chi connectivity index (χ2v) is 9.70. The molecule has 1 aliphatic heterocycles. The summed E-state index contributed by atoms with van der Waals surface area (Å²) in [6.45, 7) is 0.591. The number of carbonyl (C=O) groups excluding carboxylic acids is 1. The zero-order valence-electron chi connectivity index (χ0n) is 15.9. The molecule has 0 unspecified atom stereocenters. The van der Waals surface area contributed by atoms with Crippen LogP contribution in [0.1, 0.15) is 18.4 Å². The number of amides is 1. The number of benzene rings is 2. The Balaban J connectivity index is 1.58. The zero-order chi connectivity index (χ0) is 21.0. The molecule has 0 bridgehead atoms. The van der Waals surface area contributed by atoms with E-state index in [-0.39, 0.29) is 17.6 Å². The van der Waals surface area contributed by atoms with Gasteiger partial charge >= 0.3 is 0 Å². The number of anilines is 1. The van der Waals surface area contributed by atoms with Gasteiger partial charge in [0.2, 0.25) is 15.9 Å². The van der Waals surface area contributed by atoms with Crippen LogP contribution in [0.5, 0.6) is 5.75 Å². The third-order valence-corrected chi connectivity index (χ3v) is 7.32. The Bertz CT molecular complexity index is 990. The van der Waals surface area contributed by atoms with E-state index in [0.29, 0.717) is 53.0 Å². The van der Waals surface area contributed by atoms with Crippen LogP contribution in [0.25, 0.3) is 0 Å². The van der Waals surface area contributed by atoms with Gasteiger partial charge in [0.15, 0.2) is 0 Å². The molecule has 0 radical (unpaired) electrons. The highest BCUT2D eigenvalue weighted by molar-refractivity contribution is 7.88. The molecule has 29 heavy (non-hydrogen) atoms. The summed E-state index contributed by atoms with van der Waals surface area (Å²) in [6.07, 6.45) is 0.923. The van der Waals surface area contributed by atoms with Gasteiger partial charge in [-0.2, -0.15) is 0 Å². The number of ether oxygens (including phenoxy) is 1. The Hall–Kier alpha value is -1.80. The zero-order valence-corrected chi connectivity index (χ0v) is 18.2. The maximum Gasteiger partial charge on any atom is 0.227 e. The highest BCUT2D eigenvalue weighted by Crippen LogP contribution is 2.27. The van der Waals surface area contributed by atoms with E-state index in [0.717, 1.165) is 0 Å². The third kappa shape index (κ3) is 5.63. The number of methoxy groups -OCH3 is 1. The molecule has 0 spiro atoms. The molecular formula is C20H22Cl2N2O4S. The summed E-state index contributed by atoms with van der Waals surface area (Å²) in [5, 5.41) is 3.66. The molecule has 6 nitrogen and oxygen atoms in total. The number of hydrogen-bond acceptors (Lipinski definition) is 4. The van der Waals surface area contributed by atoms with E-state index in [1.807, 2.05) is 0 Å². The number of nitrogens with zero attached hydrogens (tertiary/aromatic N) is 1. The highest BCUT2D eigenvalue weighted by Gasteiger charge is 2.31. The molecule has 0 aromatic heterocycles. The largest absolute Gasteiger partial charge is 0.497 e. The van der Waals surface area contributed by atoms with Gasteiger partial charge in [-0.25, -0.2) is 12.7 Å². The van der Waals surface area contributed by atoms with Crippen molar-refractivity contribution in [1.29, 1.82) is 0 Å². The van der Waals surface area contributed by atoms with Crippen LogP contribution in [0, 0.1) is 5.92 Å². The molecule has 9 heteroatoms. The van der Waals surface area contributed by atoms with E-state index >= 15 is 0 Å². The van der Waals surface area contributed by atoms with E-state index in [1.165, 1.54) is 10.4 Å². The molecule has 0 atom stereocenters. The van der Waals surface area contributed by atoms with Crippen LogP contribution < -0.4 is 10.1 Å². The summed E-state index contributed by atoms with van der Waals surface area (Å²) >= 11 is 12.0. The number of carbonyl (C=O) groups is 1. The minimum Gasteiger partial charge on any atom is -0.497 e. The van der Waals surface area contributed by atoms with Gasteiger partial charge in [0, 0.05) is 40.8 Å². The first-order valence-electron chi connectivity index (χ1n) is 9.15. The number of halogens is 2. The smallest absolute Gasteiger partial charge is 0.227 e. The van der Waals surface area contributed by atoms with Crippen molar-refractivity contribution in [1.82, 2.24) is 4.31 Å². The van der Waals surface area contributed by atoms with E-state index in [1.54, 1.807) is 43.5 Å². The minimum atomic E-state index is -3.53.